The van der Waals surface area contributed by atoms with E-state index in [0.717, 1.165) is 40.5 Å². The summed E-state index contributed by atoms with van der Waals surface area (Å²) in [6, 6.07) is 46.4. The molecule has 2 aromatic heterocycles. The first-order valence-corrected chi connectivity index (χ1v) is 17.6. The highest BCUT2D eigenvalue weighted by Gasteiger charge is 2.39. The Balaban J connectivity index is 1.27. The fourth-order valence-electron chi connectivity index (χ4n) is 8.17. The van der Waals surface area contributed by atoms with Gasteiger partial charge >= 0.3 is 0 Å². The van der Waals surface area contributed by atoms with Crippen LogP contribution in [-0.4, -0.2) is 0 Å². The standard InChI is InChI=1S/C45H33NOS/c1-45(2)37-17-9-6-14-32(37)33-25-24-31(26-38(33)45)46(30-22-20-29(21-23-30)28-12-4-3-5-13-28)39-27-36-34-15-7-10-18-40(34)47-43(36)42-35-16-8-11-19-41(35)48-44(39)42/h3-5,7-8,10-27H,6,9H2,1-2H3. The van der Waals surface area contributed by atoms with E-state index in [-0.39, 0.29) is 5.41 Å². The molecule has 48 heavy (non-hydrogen) atoms. The number of anilines is 3. The minimum atomic E-state index is -0.0575. The van der Waals surface area contributed by atoms with E-state index >= 15 is 0 Å². The molecule has 0 aliphatic heterocycles. The molecule has 0 bridgehead atoms. The van der Waals surface area contributed by atoms with Crippen LogP contribution in [-0.2, 0) is 5.41 Å². The molecule has 0 atom stereocenters. The van der Waals surface area contributed by atoms with Gasteiger partial charge in [0.1, 0.15) is 11.2 Å². The average Bonchev–Trinajstić information content (AvgIpc) is 3.77. The van der Waals surface area contributed by atoms with Crippen LogP contribution in [0.4, 0.5) is 17.1 Å². The van der Waals surface area contributed by atoms with Crippen LogP contribution in [0.1, 0.15) is 37.8 Å². The molecule has 0 amide bonds. The Kier molecular flexibility index (Phi) is 5.95. The van der Waals surface area contributed by atoms with Crippen molar-refractivity contribution < 1.29 is 4.42 Å². The molecule has 2 aliphatic rings. The third-order valence-corrected chi connectivity index (χ3v) is 11.7. The van der Waals surface area contributed by atoms with E-state index in [2.05, 4.69) is 158 Å². The van der Waals surface area contributed by atoms with Crippen molar-refractivity contribution >= 4 is 76.1 Å². The Bertz CT molecular complexity index is 2630. The summed E-state index contributed by atoms with van der Waals surface area (Å²) in [5.41, 5.74) is 13.4. The zero-order valence-corrected chi connectivity index (χ0v) is 27.8. The van der Waals surface area contributed by atoms with Crippen molar-refractivity contribution in [1.82, 2.24) is 0 Å². The molecule has 0 radical (unpaired) electrons. The Morgan fingerprint density at radius 3 is 2.21 bits per heavy atom. The maximum Gasteiger partial charge on any atom is 0.144 e. The number of rotatable bonds is 4. The van der Waals surface area contributed by atoms with Crippen molar-refractivity contribution in [2.75, 3.05) is 4.90 Å². The molecular weight excluding hydrogens is 603 g/mol. The van der Waals surface area contributed by atoms with Gasteiger partial charge in [0.25, 0.3) is 0 Å². The Morgan fingerprint density at radius 2 is 1.35 bits per heavy atom. The van der Waals surface area contributed by atoms with Crippen LogP contribution in [0.15, 0.2) is 150 Å². The smallest absolute Gasteiger partial charge is 0.144 e. The topological polar surface area (TPSA) is 16.4 Å². The van der Waals surface area contributed by atoms with Crippen molar-refractivity contribution in [3.63, 3.8) is 0 Å². The van der Waals surface area contributed by atoms with E-state index in [1.54, 1.807) is 0 Å². The first-order chi connectivity index (χ1) is 23.6. The van der Waals surface area contributed by atoms with Gasteiger partial charge in [-0.25, -0.2) is 0 Å². The van der Waals surface area contributed by atoms with Crippen molar-refractivity contribution in [2.45, 2.75) is 32.1 Å². The predicted octanol–water partition coefficient (Wildman–Crippen LogP) is 13.5. The highest BCUT2D eigenvalue weighted by atomic mass is 32.1. The summed E-state index contributed by atoms with van der Waals surface area (Å²) in [6.07, 6.45) is 7.14. The third kappa shape index (κ3) is 3.98. The summed E-state index contributed by atoms with van der Waals surface area (Å²) >= 11 is 1.85. The lowest BCUT2D eigenvalue weighted by Gasteiger charge is -2.29. The lowest BCUT2D eigenvalue weighted by molar-refractivity contribution is 0.654. The van der Waals surface area contributed by atoms with Crippen molar-refractivity contribution in [3.05, 3.63) is 156 Å². The van der Waals surface area contributed by atoms with Gasteiger partial charge in [0.05, 0.1) is 10.4 Å². The second-order valence-corrected chi connectivity index (χ2v) is 14.6. The maximum atomic E-state index is 6.66. The molecular formula is C45H33NOS. The number of thiophene rings is 1. The first kappa shape index (κ1) is 27.7. The molecule has 0 saturated heterocycles. The van der Waals surface area contributed by atoms with Crippen LogP contribution in [0.3, 0.4) is 0 Å². The number of hydrogen-bond acceptors (Lipinski definition) is 3. The van der Waals surface area contributed by atoms with Gasteiger partial charge in [-0.2, -0.15) is 0 Å². The van der Waals surface area contributed by atoms with E-state index in [4.69, 9.17) is 4.42 Å². The zero-order chi connectivity index (χ0) is 32.0. The molecule has 0 saturated carbocycles. The van der Waals surface area contributed by atoms with Gasteiger partial charge < -0.3 is 9.32 Å². The Morgan fingerprint density at radius 1 is 0.646 bits per heavy atom. The minimum Gasteiger partial charge on any atom is -0.455 e. The average molecular weight is 636 g/mol. The van der Waals surface area contributed by atoms with Crippen LogP contribution < -0.4 is 4.90 Å². The maximum absolute atomic E-state index is 6.66. The predicted molar refractivity (Wildman–Crippen MR) is 205 cm³/mol. The second-order valence-electron chi connectivity index (χ2n) is 13.6. The van der Waals surface area contributed by atoms with E-state index in [9.17, 15) is 0 Å². The first-order valence-electron chi connectivity index (χ1n) is 16.8. The molecule has 8 aromatic rings. The number of nitrogens with zero attached hydrogens (tertiary/aromatic N) is 1. The molecule has 2 nitrogen and oxygen atoms in total. The highest BCUT2D eigenvalue weighted by Crippen LogP contribution is 2.54. The van der Waals surface area contributed by atoms with E-state index < -0.39 is 0 Å². The normalized spacial score (nSPS) is 15.1. The summed E-state index contributed by atoms with van der Waals surface area (Å²) in [7, 11) is 0. The van der Waals surface area contributed by atoms with Crippen molar-refractivity contribution in [2.24, 2.45) is 0 Å². The van der Waals surface area contributed by atoms with Gasteiger partial charge in [-0.1, -0.05) is 111 Å². The quantitative estimate of drug-likeness (QED) is 0.191. The van der Waals surface area contributed by atoms with Crippen LogP contribution in [0.5, 0.6) is 0 Å². The van der Waals surface area contributed by atoms with Crippen LogP contribution in [0.25, 0.3) is 58.8 Å². The lowest BCUT2D eigenvalue weighted by Crippen LogP contribution is -2.17. The summed E-state index contributed by atoms with van der Waals surface area (Å²) in [6.45, 7) is 4.78. The summed E-state index contributed by atoms with van der Waals surface area (Å²) in [5, 5.41) is 4.71. The molecule has 0 N–H and O–H groups in total. The molecule has 0 unspecified atom stereocenters. The van der Waals surface area contributed by atoms with Crippen molar-refractivity contribution in [1.29, 1.82) is 0 Å². The van der Waals surface area contributed by atoms with Gasteiger partial charge in [-0.05, 0) is 88.7 Å². The molecule has 6 aromatic carbocycles. The molecule has 0 fully saturated rings. The van der Waals surface area contributed by atoms with Crippen LogP contribution in [0.2, 0.25) is 0 Å². The summed E-state index contributed by atoms with van der Waals surface area (Å²) in [4.78, 5) is 2.48. The monoisotopic (exact) mass is 635 g/mol. The lowest BCUT2D eigenvalue weighted by atomic mass is 9.80. The molecule has 0 spiro atoms. The van der Waals surface area contributed by atoms with E-state index in [0.29, 0.717) is 0 Å². The third-order valence-electron chi connectivity index (χ3n) is 10.5. The number of furan rings is 1. The number of allylic oxidation sites excluding steroid dienone is 4. The Hall–Kier alpha value is -5.38. The van der Waals surface area contributed by atoms with Gasteiger partial charge in [-0.15, -0.1) is 11.3 Å². The number of benzene rings is 6. The summed E-state index contributed by atoms with van der Waals surface area (Å²) < 4.78 is 9.15. The van der Waals surface area contributed by atoms with Gasteiger partial charge in [-0.3, -0.25) is 0 Å². The second kappa shape index (κ2) is 10.3. The van der Waals surface area contributed by atoms with E-state index in [1.807, 2.05) is 11.3 Å². The fourth-order valence-corrected chi connectivity index (χ4v) is 9.37. The largest absolute Gasteiger partial charge is 0.455 e. The molecule has 3 heteroatoms. The van der Waals surface area contributed by atoms with Crippen molar-refractivity contribution in [3.8, 4) is 11.1 Å². The minimum absolute atomic E-state index is 0.0575. The summed E-state index contributed by atoms with van der Waals surface area (Å²) in [5.74, 6) is 0. The number of fused-ring (bicyclic) bond motifs is 10. The van der Waals surface area contributed by atoms with Crippen LogP contribution >= 0.6 is 11.3 Å². The Labute approximate surface area is 283 Å². The van der Waals surface area contributed by atoms with Crippen LogP contribution in [0, 0.1) is 0 Å². The van der Waals surface area contributed by atoms with Gasteiger partial charge in [0.15, 0.2) is 0 Å². The van der Waals surface area contributed by atoms with E-state index in [1.165, 1.54) is 64.9 Å². The number of hydrogen-bond donors (Lipinski definition) is 0. The zero-order valence-electron chi connectivity index (χ0n) is 27.0. The van der Waals surface area contributed by atoms with Gasteiger partial charge in [0.2, 0.25) is 0 Å². The SMILES string of the molecule is CC1(C)C2=CCCC=C2c2ccc(N(c3ccc(-c4ccccc4)cc3)c3cc4c5ccccc5oc4c4c3sc3ccccc34)cc21. The van der Waals surface area contributed by atoms with Gasteiger partial charge in [0, 0.05) is 43.0 Å². The number of para-hydroxylation sites is 1. The molecule has 2 heterocycles. The highest BCUT2D eigenvalue weighted by molar-refractivity contribution is 7.26. The molecule has 230 valence electrons. The molecule has 10 rings (SSSR count). The fraction of sp³-hybridized carbons (Fsp3) is 0.111. The molecule has 2 aliphatic carbocycles.